The van der Waals surface area contributed by atoms with Crippen LogP contribution in [0, 0.1) is 0 Å². The normalized spacial score (nSPS) is 15.0. The summed E-state index contributed by atoms with van der Waals surface area (Å²) in [5.74, 6) is -0.457. The molecule has 0 saturated heterocycles. The minimum atomic E-state index is -1.54. The summed E-state index contributed by atoms with van der Waals surface area (Å²) >= 11 is 0. The molecule has 0 aromatic rings. The van der Waals surface area contributed by atoms with E-state index >= 15 is 0 Å². The number of rotatable bonds is 1. The fraction of sp³-hybridized carbons (Fsp3) is 1.00. The molecule has 0 bridgehead atoms. The minimum absolute atomic E-state index is 0.457. The van der Waals surface area contributed by atoms with Crippen LogP contribution >= 0.6 is 10.7 Å². The number of hydrogen-bond acceptors (Lipinski definition) is 2. The van der Waals surface area contributed by atoms with E-state index in [1.807, 2.05) is 0 Å². The molecule has 1 N–H and O–H groups in total. The largest absolute Gasteiger partial charge is 0.597 e. The molecule has 1 unspecified atom stereocenters. The first-order valence-corrected chi connectivity index (χ1v) is 3.07. The van der Waals surface area contributed by atoms with Crippen molar-refractivity contribution in [2.24, 2.45) is 0 Å². The van der Waals surface area contributed by atoms with Crippen LogP contribution in [0.25, 0.3) is 0 Å². The lowest BCUT2D eigenvalue weighted by molar-refractivity contribution is 0.362. The maximum absolute atomic E-state index is 9.44. The molecule has 0 saturated carbocycles. The van der Waals surface area contributed by atoms with Crippen molar-refractivity contribution in [2.75, 3.05) is 5.94 Å². The van der Waals surface area contributed by atoms with Gasteiger partial charge < -0.3 is 9.66 Å². The van der Waals surface area contributed by atoms with E-state index in [0.29, 0.717) is 0 Å². The monoisotopic (exact) mass is 114 g/mol. The Balaban J connectivity index is 2.54. The molecule has 0 fully saturated rings. The molecule has 0 aliphatic carbocycles. The first kappa shape index (κ1) is 5.56. The smallest absolute Gasteiger partial charge is 0.222 e. The van der Waals surface area contributed by atoms with Crippen LogP contribution < -0.4 is 0 Å². The van der Waals surface area contributed by atoms with Gasteiger partial charge in [-0.25, -0.2) is 0 Å². The predicted molar refractivity (Wildman–Crippen MR) is 21.1 cm³/mol. The summed E-state index contributed by atoms with van der Waals surface area (Å²) in [4.78, 5) is 0. The zero-order valence-electron chi connectivity index (χ0n) is 2.35. The first-order chi connectivity index (χ1) is 2.27. The van der Waals surface area contributed by atoms with Gasteiger partial charge in [0.05, 0.1) is 10.4 Å². The molecule has 0 aliphatic heterocycles. The fourth-order valence-electron chi connectivity index (χ4n) is 0. The van der Waals surface area contributed by atoms with E-state index in [-0.39, 0.29) is 0 Å². The molecule has 0 heterocycles. The molecular formula is CH3ClO2S. The van der Waals surface area contributed by atoms with Crippen molar-refractivity contribution in [2.45, 2.75) is 0 Å². The number of aliphatic hydroxyl groups is 1. The maximum atomic E-state index is 9.44. The highest BCUT2D eigenvalue weighted by Gasteiger charge is 1.89. The van der Waals surface area contributed by atoms with Gasteiger partial charge in [0.2, 0.25) is 5.94 Å². The van der Waals surface area contributed by atoms with E-state index in [0.717, 1.165) is 0 Å². The zero-order valence-corrected chi connectivity index (χ0v) is 3.92. The SMILES string of the molecule is [O-][S+](Cl)CO. The number of hydrogen-bond donors (Lipinski definition) is 1. The highest BCUT2D eigenvalue weighted by Crippen LogP contribution is 1.89. The Labute approximate surface area is 37.4 Å². The number of halogens is 1. The van der Waals surface area contributed by atoms with Crippen molar-refractivity contribution in [1.82, 2.24) is 0 Å². The van der Waals surface area contributed by atoms with E-state index in [1.54, 1.807) is 0 Å². The van der Waals surface area contributed by atoms with E-state index in [9.17, 15) is 4.55 Å². The molecule has 0 amide bonds. The second kappa shape index (κ2) is 2.78. The van der Waals surface area contributed by atoms with Crippen molar-refractivity contribution >= 4 is 21.1 Å². The Hall–Kier alpha value is 0.560. The maximum Gasteiger partial charge on any atom is 0.222 e. The molecule has 0 rings (SSSR count). The van der Waals surface area contributed by atoms with Crippen LogP contribution in [0.15, 0.2) is 0 Å². The average Bonchev–Trinajstić information content (AvgIpc) is 1.38. The lowest BCUT2D eigenvalue weighted by Crippen LogP contribution is -1.92. The average molecular weight is 115 g/mol. The van der Waals surface area contributed by atoms with E-state index in [1.165, 1.54) is 0 Å². The highest BCUT2D eigenvalue weighted by molar-refractivity contribution is 8.13. The third-order valence-corrected chi connectivity index (χ3v) is 0.597. The third-order valence-electron chi connectivity index (χ3n) is 0.101. The summed E-state index contributed by atoms with van der Waals surface area (Å²) in [6, 6.07) is 0. The van der Waals surface area contributed by atoms with E-state index in [4.69, 9.17) is 5.11 Å². The van der Waals surface area contributed by atoms with E-state index in [2.05, 4.69) is 10.7 Å². The fourth-order valence-corrected chi connectivity index (χ4v) is 0. The second-order valence-electron chi connectivity index (χ2n) is 0.419. The summed E-state index contributed by atoms with van der Waals surface area (Å²) < 4.78 is 9.44. The molecule has 0 aromatic heterocycles. The van der Waals surface area contributed by atoms with Gasteiger partial charge in [0.25, 0.3) is 0 Å². The van der Waals surface area contributed by atoms with Gasteiger partial charge in [-0.2, -0.15) is 0 Å². The lowest BCUT2D eigenvalue weighted by Gasteiger charge is -1.87. The van der Waals surface area contributed by atoms with Crippen molar-refractivity contribution in [3.05, 3.63) is 0 Å². The molecule has 0 aliphatic rings. The molecule has 0 radical (unpaired) electrons. The zero-order chi connectivity index (χ0) is 4.28. The summed E-state index contributed by atoms with van der Waals surface area (Å²) in [5, 5.41) is 7.71. The molecule has 5 heavy (non-hydrogen) atoms. The molecule has 32 valence electrons. The summed E-state index contributed by atoms with van der Waals surface area (Å²) in [6.45, 7) is 0. The molecule has 2 nitrogen and oxygen atoms in total. The van der Waals surface area contributed by atoms with Crippen LogP contribution in [0.3, 0.4) is 0 Å². The molecule has 0 aromatic carbocycles. The Kier molecular flexibility index (Phi) is 3.09. The van der Waals surface area contributed by atoms with Gasteiger partial charge in [0.15, 0.2) is 10.7 Å². The van der Waals surface area contributed by atoms with Crippen LogP contribution in [0.5, 0.6) is 0 Å². The highest BCUT2D eigenvalue weighted by atomic mass is 35.7. The van der Waals surface area contributed by atoms with Crippen molar-refractivity contribution < 1.29 is 9.66 Å². The third kappa shape index (κ3) is 4.56. The summed E-state index contributed by atoms with van der Waals surface area (Å²) in [6.07, 6.45) is 0. The van der Waals surface area contributed by atoms with Crippen LogP contribution in [-0.4, -0.2) is 15.6 Å². The van der Waals surface area contributed by atoms with Gasteiger partial charge in [-0.15, -0.1) is 0 Å². The quantitative estimate of drug-likeness (QED) is 0.482. The van der Waals surface area contributed by atoms with Crippen LogP contribution in [-0.2, 0) is 10.4 Å². The van der Waals surface area contributed by atoms with Crippen LogP contribution in [0.4, 0.5) is 0 Å². The Morgan fingerprint density at radius 2 is 2.20 bits per heavy atom. The van der Waals surface area contributed by atoms with E-state index < -0.39 is 16.3 Å². The van der Waals surface area contributed by atoms with Gasteiger partial charge in [-0.3, -0.25) is 0 Å². The van der Waals surface area contributed by atoms with Crippen molar-refractivity contribution in [3.63, 3.8) is 0 Å². The Morgan fingerprint density at radius 1 is 2.00 bits per heavy atom. The van der Waals surface area contributed by atoms with Crippen molar-refractivity contribution in [1.29, 1.82) is 0 Å². The molecule has 0 spiro atoms. The molecule has 4 heteroatoms. The van der Waals surface area contributed by atoms with Crippen LogP contribution in [0.2, 0.25) is 0 Å². The summed E-state index contributed by atoms with van der Waals surface area (Å²) in [5.41, 5.74) is 0. The van der Waals surface area contributed by atoms with Gasteiger partial charge >= 0.3 is 0 Å². The minimum Gasteiger partial charge on any atom is -0.597 e. The predicted octanol–water partition coefficient (Wildman–Crippen LogP) is -0.161. The van der Waals surface area contributed by atoms with Gasteiger partial charge in [-0.1, -0.05) is 0 Å². The van der Waals surface area contributed by atoms with Gasteiger partial charge in [0, 0.05) is 0 Å². The molecular weight excluding hydrogens is 112 g/mol. The lowest BCUT2D eigenvalue weighted by atomic mass is 11.7. The standard InChI is InChI=1S/CH3ClO2S/c2-5(4)1-3/h3H,1H2. The molecule has 1 atom stereocenters. The van der Waals surface area contributed by atoms with Crippen LogP contribution in [0.1, 0.15) is 0 Å². The Morgan fingerprint density at radius 3 is 2.20 bits per heavy atom. The second-order valence-corrected chi connectivity index (χ2v) is 2.29. The van der Waals surface area contributed by atoms with Gasteiger partial charge in [0.1, 0.15) is 0 Å². The van der Waals surface area contributed by atoms with Crippen molar-refractivity contribution in [3.8, 4) is 0 Å². The number of aliphatic hydroxyl groups excluding tert-OH is 1. The first-order valence-electron chi connectivity index (χ1n) is 0.926. The van der Waals surface area contributed by atoms with Gasteiger partial charge in [-0.05, 0) is 0 Å². The Bertz CT molecular complexity index is 23.6. The topological polar surface area (TPSA) is 43.3 Å². The summed E-state index contributed by atoms with van der Waals surface area (Å²) in [7, 11) is 3.14.